The molecule has 0 bridgehead atoms. The van der Waals surface area contributed by atoms with Crippen LogP contribution >= 0.6 is 11.6 Å². The summed E-state index contributed by atoms with van der Waals surface area (Å²) in [4.78, 5) is 0. The summed E-state index contributed by atoms with van der Waals surface area (Å²) in [5.74, 6) is 0.135. The van der Waals surface area contributed by atoms with E-state index in [9.17, 15) is 13.2 Å². The summed E-state index contributed by atoms with van der Waals surface area (Å²) < 4.78 is 39.1. The van der Waals surface area contributed by atoms with Crippen molar-refractivity contribution in [2.75, 3.05) is 0 Å². The first kappa shape index (κ1) is 14.7. The summed E-state index contributed by atoms with van der Waals surface area (Å²) in [7, 11) is 0. The Kier molecular flexibility index (Phi) is 4.41. The van der Waals surface area contributed by atoms with Crippen LogP contribution < -0.4 is 5.73 Å². The van der Waals surface area contributed by atoms with Crippen LogP contribution in [0.1, 0.15) is 49.3 Å². The monoisotopic (exact) mass is 291 g/mol. The molecular weight excluding hydrogens is 275 g/mol. The van der Waals surface area contributed by atoms with Gasteiger partial charge in [-0.3, -0.25) is 0 Å². The van der Waals surface area contributed by atoms with Crippen molar-refractivity contribution in [1.82, 2.24) is 0 Å². The van der Waals surface area contributed by atoms with Gasteiger partial charge in [-0.15, -0.1) is 0 Å². The molecule has 1 aromatic rings. The van der Waals surface area contributed by atoms with E-state index >= 15 is 0 Å². The number of nitrogens with two attached hydrogens (primary N) is 1. The molecule has 1 fully saturated rings. The molecule has 1 atom stereocenters. The van der Waals surface area contributed by atoms with Gasteiger partial charge in [-0.05, 0) is 36.5 Å². The van der Waals surface area contributed by atoms with Gasteiger partial charge in [-0.25, -0.2) is 0 Å². The summed E-state index contributed by atoms with van der Waals surface area (Å²) in [5, 5.41) is 0.0897. The van der Waals surface area contributed by atoms with Gasteiger partial charge in [0.15, 0.2) is 0 Å². The summed E-state index contributed by atoms with van der Waals surface area (Å²) in [6.07, 6.45) is 0.644. The summed E-state index contributed by atoms with van der Waals surface area (Å²) >= 11 is 5.67. The van der Waals surface area contributed by atoms with Gasteiger partial charge in [0.05, 0.1) is 5.56 Å². The summed E-state index contributed by atoms with van der Waals surface area (Å²) in [6.45, 7) is 0. The number of rotatable bonds is 2. The molecule has 0 aliphatic heterocycles. The average Bonchev–Trinajstić information content (AvgIpc) is 2.38. The zero-order valence-corrected chi connectivity index (χ0v) is 11.3. The molecule has 0 saturated heterocycles. The fourth-order valence-corrected chi connectivity index (χ4v) is 2.98. The lowest BCUT2D eigenvalue weighted by Crippen LogP contribution is -2.26. The van der Waals surface area contributed by atoms with Crippen LogP contribution in [0, 0.1) is 5.92 Å². The second kappa shape index (κ2) is 5.71. The smallest absolute Gasteiger partial charge is 0.324 e. The highest BCUT2D eigenvalue weighted by Crippen LogP contribution is 2.40. The molecule has 0 spiro atoms. The van der Waals surface area contributed by atoms with Gasteiger partial charge in [0.2, 0.25) is 0 Å². The first-order valence-electron chi connectivity index (χ1n) is 6.52. The molecule has 5 heteroatoms. The Hall–Kier alpha value is -0.740. The van der Waals surface area contributed by atoms with Crippen LogP contribution in [0.5, 0.6) is 0 Å². The molecule has 19 heavy (non-hydrogen) atoms. The van der Waals surface area contributed by atoms with E-state index in [4.69, 9.17) is 17.3 Å². The lowest BCUT2D eigenvalue weighted by Gasteiger charge is -2.29. The van der Waals surface area contributed by atoms with Crippen molar-refractivity contribution in [1.29, 1.82) is 0 Å². The largest absolute Gasteiger partial charge is 0.416 e. The van der Waals surface area contributed by atoms with Gasteiger partial charge in [0, 0.05) is 11.1 Å². The third kappa shape index (κ3) is 3.42. The maximum absolute atomic E-state index is 13.0. The third-order valence-electron chi connectivity index (χ3n) is 3.84. The third-order valence-corrected chi connectivity index (χ3v) is 4.07. The van der Waals surface area contributed by atoms with Crippen molar-refractivity contribution in [2.24, 2.45) is 11.7 Å². The molecule has 1 aliphatic rings. The van der Waals surface area contributed by atoms with Crippen LogP contribution in [0.15, 0.2) is 18.2 Å². The zero-order valence-electron chi connectivity index (χ0n) is 10.5. The fourth-order valence-electron chi connectivity index (χ4n) is 2.81. The van der Waals surface area contributed by atoms with Crippen LogP contribution in [0.3, 0.4) is 0 Å². The predicted octanol–water partition coefficient (Wildman–Crippen LogP) is 4.94. The Morgan fingerprint density at radius 2 is 1.79 bits per heavy atom. The molecule has 0 heterocycles. The van der Waals surface area contributed by atoms with Crippen LogP contribution in [0.25, 0.3) is 0 Å². The quantitative estimate of drug-likeness (QED) is 0.820. The molecule has 0 radical (unpaired) electrons. The SMILES string of the molecule is N[C@@H](c1ccc(Cl)cc1C(F)(F)F)C1CCCCC1. The maximum Gasteiger partial charge on any atom is 0.416 e. The van der Waals surface area contributed by atoms with E-state index in [1.165, 1.54) is 12.1 Å². The topological polar surface area (TPSA) is 26.0 Å². The summed E-state index contributed by atoms with van der Waals surface area (Å²) in [5.41, 5.74) is 5.55. The minimum absolute atomic E-state index is 0.0897. The first-order valence-corrected chi connectivity index (χ1v) is 6.89. The Bertz CT molecular complexity index is 439. The van der Waals surface area contributed by atoms with Gasteiger partial charge in [0.1, 0.15) is 0 Å². The van der Waals surface area contributed by atoms with E-state index in [1.807, 2.05) is 0 Å². The van der Waals surface area contributed by atoms with Crippen molar-refractivity contribution in [2.45, 2.75) is 44.3 Å². The number of halogens is 4. The van der Waals surface area contributed by atoms with Crippen LogP contribution in [-0.2, 0) is 6.18 Å². The van der Waals surface area contributed by atoms with Crippen molar-refractivity contribution >= 4 is 11.6 Å². The molecule has 1 aliphatic carbocycles. The number of alkyl halides is 3. The van der Waals surface area contributed by atoms with Gasteiger partial charge in [-0.1, -0.05) is 36.9 Å². The molecule has 106 valence electrons. The van der Waals surface area contributed by atoms with Gasteiger partial charge >= 0.3 is 6.18 Å². The van der Waals surface area contributed by atoms with Crippen LogP contribution in [-0.4, -0.2) is 0 Å². The fraction of sp³-hybridized carbons (Fsp3) is 0.571. The Labute approximate surface area is 115 Å². The van der Waals surface area contributed by atoms with E-state index in [1.54, 1.807) is 0 Å². The lowest BCUT2D eigenvalue weighted by atomic mass is 9.80. The van der Waals surface area contributed by atoms with E-state index in [-0.39, 0.29) is 16.5 Å². The minimum atomic E-state index is -4.41. The molecule has 1 aromatic carbocycles. The Morgan fingerprint density at radius 3 is 2.37 bits per heavy atom. The van der Waals surface area contributed by atoms with Crippen LogP contribution in [0.4, 0.5) is 13.2 Å². The highest BCUT2D eigenvalue weighted by molar-refractivity contribution is 6.30. The lowest BCUT2D eigenvalue weighted by molar-refractivity contribution is -0.138. The zero-order chi connectivity index (χ0) is 14.0. The average molecular weight is 292 g/mol. The highest BCUT2D eigenvalue weighted by Gasteiger charge is 2.36. The minimum Gasteiger partial charge on any atom is -0.324 e. The second-order valence-corrected chi connectivity index (χ2v) is 5.59. The highest BCUT2D eigenvalue weighted by atomic mass is 35.5. The molecule has 0 unspecified atom stereocenters. The van der Waals surface area contributed by atoms with E-state index in [2.05, 4.69) is 0 Å². The molecule has 1 nitrogen and oxygen atoms in total. The van der Waals surface area contributed by atoms with Gasteiger partial charge < -0.3 is 5.73 Å². The van der Waals surface area contributed by atoms with E-state index < -0.39 is 17.8 Å². The molecule has 2 N–H and O–H groups in total. The van der Waals surface area contributed by atoms with Crippen molar-refractivity contribution in [3.05, 3.63) is 34.3 Å². The van der Waals surface area contributed by atoms with E-state index in [0.29, 0.717) is 0 Å². The molecular formula is C14H17ClF3N. The Morgan fingerprint density at radius 1 is 1.16 bits per heavy atom. The van der Waals surface area contributed by atoms with E-state index in [0.717, 1.165) is 38.2 Å². The van der Waals surface area contributed by atoms with Crippen molar-refractivity contribution < 1.29 is 13.2 Å². The predicted molar refractivity (Wildman–Crippen MR) is 70.0 cm³/mol. The second-order valence-electron chi connectivity index (χ2n) is 5.15. The van der Waals surface area contributed by atoms with Crippen molar-refractivity contribution in [3.8, 4) is 0 Å². The summed E-state index contributed by atoms with van der Waals surface area (Å²) in [6, 6.07) is 3.31. The maximum atomic E-state index is 13.0. The van der Waals surface area contributed by atoms with Crippen molar-refractivity contribution in [3.63, 3.8) is 0 Å². The molecule has 2 rings (SSSR count). The van der Waals surface area contributed by atoms with Crippen LogP contribution in [0.2, 0.25) is 5.02 Å². The standard InChI is InChI=1S/C14H17ClF3N/c15-10-6-7-11(12(8-10)14(16,17)18)13(19)9-4-2-1-3-5-9/h6-9,13H,1-5,19H2/t13-/m1/s1. The first-order chi connectivity index (χ1) is 8.89. The number of hydrogen-bond donors (Lipinski definition) is 1. The molecule has 0 amide bonds. The van der Waals surface area contributed by atoms with Gasteiger partial charge in [-0.2, -0.15) is 13.2 Å². The number of benzene rings is 1. The number of hydrogen-bond acceptors (Lipinski definition) is 1. The molecule has 0 aromatic heterocycles. The normalized spacial score (nSPS) is 19.4. The Balaban J connectivity index is 2.32. The van der Waals surface area contributed by atoms with Gasteiger partial charge in [0.25, 0.3) is 0 Å². The molecule has 1 saturated carbocycles.